The van der Waals surface area contributed by atoms with Gasteiger partial charge in [-0.15, -0.1) is 0 Å². The third-order valence-electron chi connectivity index (χ3n) is 4.45. The number of hydrogen-bond acceptors (Lipinski definition) is 5. The van der Waals surface area contributed by atoms with Gasteiger partial charge in [0, 0.05) is 62.7 Å². The summed E-state index contributed by atoms with van der Waals surface area (Å²) in [6, 6.07) is 6.27. The van der Waals surface area contributed by atoms with Crippen LogP contribution in [0, 0.1) is 5.92 Å². The number of aliphatic hydroxyl groups excluding tert-OH is 1. The quantitative estimate of drug-likeness (QED) is 0.479. The second-order valence-electron chi connectivity index (χ2n) is 6.65. The SMILES string of the molecule is CCNC(=NCC(C)CO)NC1CCN(c2cc(OC)cc(OC)c2)C1. The fourth-order valence-electron chi connectivity index (χ4n) is 2.91. The van der Waals surface area contributed by atoms with Crippen molar-refractivity contribution in [3.8, 4) is 11.5 Å². The summed E-state index contributed by atoms with van der Waals surface area (Å²) in [4.78, 5) is 6.90. The molecule has 2 atom stereocenters. The highest BCUT2D eigenvalue weighted by Gasteiger charge is 2.24. The molecule has 1 heterocycles. The lowest BCUT2D eigenvalue weighted by Crippen LogP contribution is -2.44. The first kappa shape index (κ1) is 20.2. The first-order valence-electron chi connectivity index (χ1n) is 9.23. The van der Waals surface area contributed by atoms with Crippen LogP contribution in [0.5, 0.6) is 11.5 Å². The lowest BCUT2D eigenvalue weighted by Gasteiger charge is -2.21. The minimum Gasteiger partial charge on any atom is -0.497 e. The third-order valence-corrected chi connectivity index (χ3v) is 4.45. The molecule has 1 aliphatic rings. The number of hydrogen-bond donors (Lipinski definition) is 3. The fraction of sp³-hybridized carbons (Fsp3) is 0.632. The highest BCUT2D eigenvalue weighted by molar-refractivity contribution is 5.80. The topological polar surface area (TPSA) is 78.4 Å². The molecule has 146 valence electrons. The molecule has 1 aromatic rings. The first-order valence-corrected chi connectivity index (χ1v) is 9.23. The molecule has 0 bridgehead atoms. The summed E-state index contributed by atoms with van der Waals surface area (Å²) in [5, 5.41) is 16.0. The van der Waals surface area contributed by atoms with Gasteiger partial charge < -0.3 is 30.1 Å². The molecular weight excluding hydrogens is 332 g/mol. The van der Waals surface area contributed by atoms with E-state index >= 15 is 0 Å². The zero-order valence-electron chi connectivity index (χ0n) is 16.3. The van der Waals surface area contributed by atoms with Gasteiger partial charge in [0.2, 0.25) is 0 Å². The molecule has 1 aliphatic heterocycles. The van der Waals surface area contributed by atoms with E-state index < -0.39 is 0 Å². The van der Waals surface area contributed by atoms with E-state index in [4.69, 9.17) is 9.47 Å². The van der Waals surface area contributed by atoms with Crippen molar-refractivity contribution in [2.24, 2.45) is 10.9 Å². The summed E-state index contributed by atoms with van der Waals surface area (Å²) in [6.45, 7) is 7.45. The number of nitrogens with zero attached hydrogens (tertiary/aromatic N) is 2. The zero-order chi connectivity index (χ0) is 18.9. The Kier molecular flexibility index (Phi) is 7.84. The second kappa shape index (κ2) is 10.1. The average Bonchev–Trinajstić information content (AvgIpc) is 3.14. The van der Waals surface area contributed by atoms with Crippen LogP contribution >= 0.6 is 0 Å². The maximum Gasteiger partial charge on any atom is 0.191 e. The molecule has 0 amide bonds. The lowest BCUT2D eigenvalue weighted by molar-refractivity contribution is 0.241. The molecule has 2 unspecified atom stereocenters. The van der Waals surface area contributed by atoms with Crippen LogP contribution in [0.25, 0.3) is 0 Å². The molecule has 1 fully saturated rings. The smallest absolute Gasteiger partial charge is 0.191 e. The number of methoxy groups -OCH3 is 2. The van der Waals surface area contributed by atoms with Crippen molar-refractivity contribution in [1.29, 1.82) is 0 Å². The highest BCUT2D eigenvalue weighted by atomic mass is 16.5. The van der Waals surface area contributed by atoms with Crippen LogP contribution in [0.15, 0.2) is 23.2 Å². The molecule has 0 aromatic heterocycles. The molecular formula is C19H32N4O3. The van der Waals surface area contributed by atoms with E-state index in [1.165, 1.54) is 0 Å². The Hall–Kier alpha value is -2.15. The van der Waals surface area contributed by atoms with Gasteiger partial charge in [-0.2, -0.15) is 0 Å². The Labute approximate surface area is 156 Å². The Bertz CT molecular complexity index is 572. The van der Waals surface area contributed by atoms with E-state index in [0.29, 0.717) is 12.6 Å². The lowest BCUT2D eigenvalue weighted by atomic mass is 10.2. The van der Waals surface area contributed by atoms with Crippen LogP contribution in [0.2, 0.25) is 0 Å². The molecule has 0 radical (unpaired) electrons. The summed E-state index contributed by atoms with van der Waals surface area (Å²) in [5.41, 5.74) is 1.10. The van der Waals surface area contributed by atoms with Crippen LogP contribution in [-0.4, -0.2) is 64.1 Å². The van der Waals surface area contributed by atoms with E-state index in [2.05, 4.69) is 27.4 Å². The van der Waals surface area contributed by atoms with Crippen LogP contribution in [0.1, 0.15) is 20.3 Å². The van der Waals surface area contributed by atoms with Crippen LogP contribution in [0.4, 0.5) is 5.69 Å². The number of aliphatic imine (C=N–C) groups is 1. The van der Waals surface area contributed by atoms with E-state index in [1.807, 2.05) is 25.1 Å². The molecule has 0 saturated carbocycles. The largest absolute Gasteiger partial charge is 0.497 e. The number of anilines is 1. The van der Waals surface area contributed by atoms with Crippen LogP contribution in [-0.2, 0) is 0 Å². The summed E-state index contributed by atoms with van der Waals surface area (Å²) >= 11 is 0. The molecule has 26 heavy (non-hydrogen) atoms. The van der Waals surface area contributed by atoms with Crippen molar-refractivity contribution in [3.63, 3.8) is 0 Å². The number of guanidine groups is 1. The number of nitrogens with one attached hydrogen (secondary N) is 2. The van der Waals surface area contributed by atoms with Crippen LogP contribution in [0.3, 0.4) is 0 Å². The molecule has 3 N–H and O–H groups in total. The molecule has 0 spiro atoms. The van der Waals surface area contributed by atoms with Crippen LogP contribution < -0.4 is 25.0 Å². The standard InChI is InChI=1S/C19H32N4O3/c1-5-20-19(21-11-14(2)13-24)22-15-6-7-23(12-15)16-8-17(25-3)10-18(9-16)26-4/h8-10,14-15,24H,5-7,11-13H2,1-4H3,(H2,20,21,22). The van der Waals surface area contributed by atoms with Gasteiger partial charge in [0.25, 0.3) is 0 Å². The Morgan fingerprint density at radius 2 is 2.00 bits per heavy atom. The monoisotopic (exact) mass is 364 g/mol. The number of ether oxygens (including phenoxy) is 2. The van der Waals surface area contributed by atoms with E-state index in [1.54, 1.807) is 14.2 Å². The Morgan fingerprint density at radius 3 is 2.58 bits per heavy atom. The summed E-state index contributed by atoms with van der Waals surface area (Å²) < 4.78 is 10.7. The summed E-state index contributed by atoms with van der Waals surface area (Å²) in [7, 11) is 3.33. The summed E-state index contributed by atoms with van der Waals surface area (Å²) in [6.07, 6.45) is 1.03. The minimum absolute atomic E-state index is 0.151. The molecule has 1 aromatic carbocycles. The van der Waals surface area contributed by atoms with Crippen molar-refractivity contribution in [3.05, 3.63) is 18.2 Å². The van der Waals surface area contributed by atoms with Crippen molar-refractivity contribution in [2.45, 2.75) is 26.3 Å². The third kappa shape index (κ3) is 5.69. The van der Waals surface area contributed by atoms with Gasteiger partial charge in [-0.3, -0.25) is 4.99 Å². The predicted molar refractivity (Wildman–Crippen MR) is 106 cm³/mol. The summed E-state index contributed by atoms with van der Waals surface area (Å²) in [5.74, 6) is 2.56. The number of rotatable bonds is 8. The highest BCUT2D eigenvalue weighted by Crippen LogP contribution is 2.30. The second-order valence-corrected chi connectivity index (χ2v) is 6.65. The van der Waals surface area contributed by atoms with Gasteiger partial charge in [0.05, 0.1) is 14.2 Å². The van der Waals surface area contributed by atoms with Crippen molar-refractivity contribution in [1.82, 2.24) is 10.6 Å². The Morgan fingerprint density at radius 1 is 1.31 bits per heavy atom. The fourth-order valence-corrected chi connectivity index (χ4v) is 2.91. The van der Waals surface area contributed by atoms with Gasteiger partial charge in [0.15, 0.2) is 5.96 Å². The molecule has 7 heteroatoms. The molecule has 1 saturated heterocycles. The average molecular weight is 364 g/mol. The van der Waals surface area contributed by atoms with Gasteiger partial charge >= 0.3 is 0 Å². The van der Waals surface area contributed by atoms with E-state index in [9.17, 15) is 5.11 Å². The first-order chi connectivity index (χ1) is 12.6. The number of aliphatic hydroxyl groups is 1. The van der Waals surface area contributed by atoms with Gasteiger partial charge in [-0.1, -0.05) is 6.92 Å². The van der Waals surface area contributed by atoms with E-state index in [0.717, 1.165) is 49.2 Å². The molecule has 2 rings (SSSR count). The van der Waals surface area contributed by atoms with Gasteiger partial charge in [0.1, 0.15) is 11.5 Å². The zero-order valence-corrected chi connectivity index (χ0v) is 16.3. The predicted octanol–water partition coefficient (Wildman–Crippen LogP) is 1.47. The van der Waals surface area contributed by atoms with Crippen molar-refractivity contribution in [2.75, 3.05) is 51.9 Å². The van der Waals surface area contributed by atoms with Gasteiger partial charge in [-0.05, 0) is 19.3 Å². The molecule has 0 aliphatic carbocycles. The van der Waals surface area contributed by atoms with E-state index in [-0.39, 0.29) is 12.5 Å². The molecule has 7 nitrogen and oxygen atoms in total. The maximum absolute atomic E-state index is 9.17. The normalized spacial score (nSPS) is 18.6. The van der Waals surface area contributed by atoms with Gasteiger partial charge in [-0.25, -0.2) is 0 Å². The van der Waals surface area contributed by atoms with Crippen molar-refractivity contribution >= 4 is 11.6 Å². The minimum atomic E-state index is 0.151. The Balaban J connectivity index is 2.00. The van der Waals surface area contributed by atoms with Crippen molar-refractivity contribution < 1.29 is 14.6 Å². The number of benzene rings is 1. The maximum atomic E-state index is 9.17.